The molecule has 1 atom stereocenters. The van der Waals surface area contributed by atoms with Gasteiger partial charge in [-0.15, -0.1) is 0 Å². The summed E-state index contributed by atoms with van der Waals surface area (Å²) >= 11 is 1.48. The molecular formula is C20H19N3O3S. The number of nitrogens with zero attached hydrogens (tertiary/aromatic N) is 3. The first-order valence-electron chi connectivity index (χ1n) is 8.81. The smallest absolute Gasteiger partial charge is 0.262 e. The Morgan fingerprint density at radius 3 is 2.81 bits per heavy atom. The molecule has 0 saturated carbocycles. The van der Waals surface area contributed by atoms with E-state index in [0.717, 1.165) is 12.1 Å². The normalized spacial score (nSPS) is 12.5. The maximum absolute atomic E-state index is 13.0. The van der Waals surface area contributed by atoms with Crippen molar-refractivity contribution in [1.82, 2.24) is 14.7 Å². The standard InChI is InChI=1S/C20H19N3O3S/c1-3-13(2)23-19(24)15-7-4-5-8-16(15)21-20(23)27-12-14-11-18(26-22-14)17-9-6-10-25-17/h4-11,13H,3,12H2,1-2H3/t13-/m0/s1. The molecule has 4 aromatic rings. The SMILES string of the molecule is CC[C@H](C)n1c(SCc2cc(-c3ccco3)on2)nc2ccccc2c1=O. The van der Waals surface area contributed by atoms with E-state index in [2.05, 4.69) is 12.1 Å². The Balaban J connectivity index is 1.66. The zero-order chi connectivity index (χ0) is 18.8. The summed E-state index contributed by atoms with van der Waals surface area (Å²) in [6.07, 6.45) is 2.44. The molecule has 27 heavy (non-hydrogen) atoms. The Kier molecular flexibility index (Phi) is 4.85. The van der Waals surface area contributed by atoms with Crippen molar-refractivity contribution in [3.05, 3.63) is 64.8 Å². The van der Waals surface area contributed by atoms with Crippen molar-refractivity contribution in [3.8, 4) is 11.5 Å². The molecule has 3 aromatic heterocycles. The van der Waals surface area contributed by atoms with Crippen molar-refractivity contribution in [2.75, 3.05) is 0 Å². The lowest BCUT2D eigenvalue weighted by Crippen LogP contribution is -2.26. The lowest BCUT2D eigenvalue weighted by atomic mass is 10.2. The van der Waals surface area contributed by atoms with Crippen LogP contribution >= 0.6 is 11.8 Å². The molecule has 4 rings (SSSR count). The maximum Gasteiger partial charge on any atom is 0.262 e. The second-order valence-corrected chi connectivity index (χ2v) is 7.23. The van der Waals surface area contributed by atoms with E-state index in [0.29, 0.717) is 33.3 Å². The van der Waals surface area contributed by atoms with Crippen LogP contribution in [0, 0.1) is 0 Å². The molecule has 138 valence electrons. The molecule has 0 aliphatic carbocycles. The van der Waals surface area contributed by atoms with Crippen LogP contribution in [0.15, 0.2) is 67.6 Å². The molecule has 0 unspecified atom stereocenters. The third-order valence-corrected chi connectivity index (χ3v) is 5.47. The molecule has 0 aliphatic rings. The quantitative estimate of drug-likeness (QED) is 0.349. The molecule has 1 aromatic carbocycles. The zero-order valence-electron chi connectivity index (χ0n) is 15.1. The monoisotopic (exact) mass is 381 g/mol. The number of benzene rings is 1. The highest BCUT2D eigenvalue weighted by Crippen LogP contribution is 2.27. The van der Waals surface area contributed by atoms with Crippen molar-refractivity contribution in [3.63, 3.8) is 0 Å². The highest BCUT2D eigenvalue weighted by molar-refractivity contribution is 7.98. The Hall–Kier alpha value is -2.80. The Morgan fingerprint density at radius 2 is 2.04 bits per heavy atom. The van der Waals surface area contributed by atoms with Gasteiger partial charge in [0, 0.05) is 17.9 Å². The zero-order valence-corrected chi connectivity index (χ0v) is 15.9. The van der Waals surface area contributed by atoms with Gasteiger partial charge < -0.3 is 8.94 Å². The minimum Gasteiger partial charge on any atom is -0.461 e. The summed E-state index contributed by atoms with van der Waals surface area (Å²) < 4.78 is 12.4. The number of para-hydroxylation sites is 1. The fraction of sp³-hybridized carbons (Fsp3) is 0.250. The van der Waals surface area contributed by atoms with Crippen molar-refractivity contribution < 1.29 is 8.94 Å². The minimum atomic E-state index is -0.00567. The molecule has 0 bridgehead atoms. The summed E-state index contributed by atoms with van der Waals surface area (Å²) in [6.45, 7) is 4.10. The Morgan fingerprint density at radius 1 is 1.19 bits per heavy atom. The van der Waals surface area contributed by atoms with Gasteiger partial charge in [-0.25, -0.2) is 4.98 Å². The van der Waals surface area contributed by atoms with Gasteiger partial charge in [0.2, 0.25) is 5.76 Å². The topological polar surface area (TPSA) is 74.1 Å². The molecule has 0 aliphatic heterocycles. The highest BCUT2D eigenvalue weighted by Gasteiger charge is 2.17. The van der Waals surface area contributed by atoms with Crippen molar-refractivity contribution in [1.29, 1.82) is 0 Å². The van der Waals surface area contributed by atoms with Gasteiger partial charge in [-0.05, 0) is 37.6 Å². The van der Waals surface area contributed by atoms with Crippen LogP contribution in [-0.4, -0.2) is 14.7 Å². The van der Waals surface area contributed by atoms with E-state index in [-0.39, 0.29) is 11.6 Å². The van der Waals surface area contributed by atoms with Gasteiger partial charge in [0.15, 0.2) is 10.9 Å². The van der Waals surface area contributed by atoms with Gasteiger partial charge in [-0.1, -0.05) is 36.0 Å². The van der Waals surface area contributed by atoms with E-state index >= 15 is 0 Å². The number of aromatic nitrogens is 3. The van der Waals surface area contributed by atoms with Crippen molar-refractivity contribution >= 4 is 22.7 Å². The van der Waals surface area contributed by atoms with E-state index in [1.165, 1.54) is 11.8 Å². The van der Waals surface area contributed by atoms with Crippen LogP contribution in [0.2, 0.25) is 0 Å². The van der Waals surface area contributed by atoms with Crippen LogP contribution in [0.3, 0.4) is 0 Å². The van der Waals surface area contributed by atoms with Gasteiger partial charge in [-0.2, -0.15) is 0 Å². The van der Waals surface area contributed by atoms with Crippen LogP contribution in [0.25, 0.3) is 22.4 Å². The molecule has 0 fully saturated rings. The number of hydrogen-bond acceptors (Lipinski definition) is 6. The predicted octanol–water partition coefficient (Wildman–Crippen LogP) is 4.91. The van der Waals surface area contributed by atoms with Crippen molar-refractivity contribution in [2.45, 2.75) is 37.2 Å². The van der Waals surface area contributed by atoms with Crippen molar-refractivity contribution in [2.24, 2.45) is 0 Å². The molecule has 0 saturated heterocycles. The van der Waals surface area contributed by atoms with Crippen LogP contribution < -0.4 is 5.56 Å². The summed E-state index contributed by atoms with van der Waals surface area (Å²) in [6, 6.07) is 13.0. The Labute approximate surface area is 160 Å². The van der Waals surface area contributed by atoms with Crippen LogP contribution in [0.1, 0.15) is 32.0 Å². The van der Waals surface area contributed by atoms with E-state index in [1.54, 1.807) is 16.9 Å². The van der Waals surface area contributed by atoms with E-state index in [9.17, 15) is 4.79 Å². The average Bonchev–Trinajstić information content (AvgIpc) is 3.37. The predicted molar refractivity (Wildman–Crippen MR) is 105 cm³/mol. The first-order chi connectivity index (χ1) is 13.2. The third-order valence-electron chi connectivity index (χ3n) is 4.48. The fourth-order valence-corrected chi connectivity index (χ4v) is 3.83. The summed E-state index contributed by atoms with van der Waals surface area (Å²) in [5.74, 6) is 1.77. The number of rotatable bonds is 6. The molecule has 0 N–H and O–H groups in total. The summed E-state index contributed by atoms with van der Waals surface area (Å²) in [7, 11) is 0. The molecule has 0 amide bonds. The molecule has 6 nitrogen and oxygen atoms in total. The van der Waals surface area contributed by atoms with Crippen LogP contribution in [-0.2, 0) is 5.75 Å². The van der Waals surface area contributed by atoms with Gasteiger partial charge in [-0.3, -0.25) is 9.36 Å². The first kappa shape index (κ1) is 17.6. The number of furan rings is 1. The molecule has 0 radical (unpaired) electrons. The average molecular weight is 381 g/mol. The minimum absolute atomic E-state index is 0.00567. The van der Waals surface area contributed by atoms with Gasteiger partial charge in [0.25, 0.3) is 5.56 Å². The van der Waals surface area contributed by atoms with Crippen LogP contribution in [0.4, 0.5) is 0 Å². The fourth-order valence-electron chi connectivity index (χ4n) is 2.85. The highest BCUT2D eigenvalue weighted by atomic mass is 32.2. The van der Waals surface area contributed by atoms with E-state index < -0.39 is 0 Å². The number of hydrogen-bond donors (Lipinski definition) is 0. The summed E-state index contributed by atoms with van der Waals surface area (Å²) in [4.78, 5) is 17.7. The maximum atomic E-state index is 13.0. The van der Waals surface area contributed by atoms with Gasteiger partial charge >= 0.3 is 0 Å². The summed E-state index contributed by atoms with van der Waals surface area (Å²) in [5.41, 5.74) is 1.47. The largest absolute Gasteiger partial charge is 0.461 e. The van der Waals surface area contributed by atoms with Gasteiger partial charge in [0.05, 0.1) is 22.9 Å². The summed E-state index contributed by atoms with van der Waals surface area (Å²) in [5, 5.41) is 5.43. The van der Waals surface area contributed by atoms with Crippen LogP contribution in [0.5, 0.6) is 0 Å². The lowest BCUT2D eigenvalue weighted by molar-refractivity contribution is 0.413. The van der Waals surface area contributed by atoms with Gasteiger partial charge in [0.1, 0.15) is 0 Å². The van der Waals surface area contributed by atoms with E-state index in [1.807, 2.05) is 43.3 Å². The first-order valence-corrected chi connectivity index (χ1v) is 9.79. The second-order valence-electron chi connectivity index (χ2n) is 6.29. The second kappa shape index (κ2) is 7.44. The molecule has 3 heterocycles. The number of fused-ring (bicyclic) bond motifs is 1. The number of thioether (sulfide) groups is 1. The Bertz CT molecular complexity index is 1120. The molecule has 7 heteroatoms. The molecular weight excluding hydrogens is 362 g/mol. The van der Waals surface area contributed by atoms with E-state index in [4.69, 9.17) is 13.9 Å². The molecule has 0 spiro atoms. The lowest BCUT2D eigenvalue weighted by Gasteiger charge is -2.17. The third kappa shape index (κ3) is 3.42.